The van der Waals surface area contributed by atoms with Crippen LogP contribution in [0.4, 0.5) is 5.69 Å². The summed E-state index contributed by atoms with van der Waals surface area (Å²) in [4.78, 5) is 14.9. The number of carbonyl (C=O) groups excluding carboxylic acids is 1. The zero-order valence-electron chi connectivity index (χ0n) is 15.8. The highest BCUT2D eigenvalue weighted by Crippen LogP contribution is 2.36. The van der Waals surface area contributed by atoms with E-state index in [0.717, 1.165) is 11.1 Å². The molecule has 0 aromatic heterocycles. The van der Waals surface area contributed by atoms with E-state index in [0.29, 0.717) is 42.3 Å². The van der Waals surface area contributed by atoms with Crippen LogP contribution in [0.25, 0.3) is 6.08 Å². The molecule has 0 atom stereocenters. The largest absolute Gasteiger partial charge is 0.489 e. The molecule has 0 spiro atoms. The number of thioether (sulfide) groups is 1. The van der Waals surface area contributed by atoms with E-state index in [2.05, 4.69) is 0 Å². The first-order valence-electron chi connectivity index (χ1n) is 9.11. The molecule has 0 unspecified atom stereocenters. The lowest BCUT2D eigenvalue weighted by molar-refractivity contribution is -0.113. The summed E-state index contributed by atoms with van der Waals surface area (Å²) in [5, 5.41) is 1.61. The minimum atomic E-state index is -0.155. The molecule has 1 fully saturated rings. The molecule has 8 heteroatoms. The van der Waals surface area contributed by atoms with Crippen molar-refractivity contribution in [2.75, 3.05) is 4.90 Å². The molecule has 1 heterocycles. The molecular weight excluding hydrogens is 493 g/mol. The van der Waals surface area contributed by atoms with Crippen LogP contribution in [-0.2, 0) is 11.4 Å². The molecular formula is C23H14Cl3NO2S2. The Morgan fingerprint density at radius 1 is 0.935 bits per heavy atom. The Kier molecular flexibility index (Phi) is 6.89. The number of hydrogen-bond acceptors (Lipinski definition) is 4. The molecule has 0 saturated carbocycles. The van der Waals surface area contributed by atoms with Gasteiger partial charge in [0.05, 0.1) is 20.6 Å². The van der Waals surface area contributed by atoms with Crippen molar-refractivity contribution in [2.24, 2.45) is 0 Å². The Labute approximate surface area is 204 Å². The number of thiocarbonyl (C=S) groups is 1. The van der Waals surface area contributed by atoms with Gasteiger partial charge in [-0.05, 0) is 65.7 Å². The first-order valence-corrected chi connectivity index (χ1v) is 11.5. The molecule has 0 bridgehead atoms. The minimum Gasteiger partial charge on any atom is -0.489 e. The summed E-state index contributed by atoms with van der Waals surface area (Å²) in [5.41, 5.74) is 2.49. The number of nitrogens with zero attached hydrogens (tertiary/aromatic N) is 1. The van der Waals surface area contributed by atoms with Crippen LogP contribution in [0.2, 0.25) is 15.1 Å². The van der Waals surface area contributed by atoms with Gasteiger partial charge in [0, 0.05) is 5.02 Å². The van der Waals surface area contributed by atoms with Gasteiger partial charge in [-0.25, -0.2) is 0 Å². The van der Waals surface area contributed by atoms with Crippen molar-refractivity contribution in [1.29, 1.82) is 0 Å². The van der Waals surface area contributed by atoms with Gasteiger partial charge in [-0.3, -0.25) is 9.69 Å². The van der Waals surface area contributed by atoms with E-state index >= 15 is 0 Å². The zero-order valence-corrected chi connectivity index (χ0v) is 19.8. The normalized spacial score (nSPS) is 15.1. The summed E-state index contributed by atoms with van der Waals surface area (Å²) in [6, 6.07) is 19.9. The molecule has 156 valence electrons. The van der Waals surface area contributed by atoms with Gasteiger partial charge in [0.2, 0.25) is 0 Å². The van der Waals surface area contributed by atoms with E-state index < -0.39 is 0 Å². The van der Waals surface area contributed by atoms with E-state index in [1.54, 1.807) is 36.4 Å². The second-order valence-electron chi connectivity index (χ2n) is 6.60. The van der Waals surface area contributed by atoms with Crippen LogP contribution >= 0.6 is 58.8 Å². The predicted octanol–water partition coefficient (Wildman–Crippen LogP) is 7.63. The monoisotopic (exact) mass is 505 g/mol. The fraction of sp³-hybridized carbons (Fsp3) is 0.0435. The highest BCUT2D eigenvalue weighted by molar-refractivity contribution is 8.27. The van der Waals surface area contributed by atoms with Gasteiger partial charge in [-0.15, -0.1) is 0 Å². The number of benzene rings is 3. The fourth-order valence-corrected chi connectivity index (χ4v) is 4.63. The first-order chi connectivity index (χ1) is 14.9. The Bertz CT molecular complexity index is 1180. The third kappa shape index (κ3) is 5.25. The topological polar surface area (TPSA) is 29.5 Å². The van der Waals surface area contributed by atoms with Crippen LogP contribution < -0.4 is 9.64 Å². The molecule has 0 aliphatic carbocycles. The molecule has 4 rings (SSSR count). The van der Waals surface area contributed by atoms with Crippen LogP contribution in [-0.4, -0.2) is 10.2 Å². The minimum absolute atomic E-state index is 0.155. The summed E-state index contributed by atoms with van der Waals surface area (Å²) in [6.07, 6.45) is 1.82. The number of amides is 1. The number of hydrogen-bond donors (Lipinski definition) is 0. The van der Waals surface area contributed by atoms with Crippen molar-refractivity contribution in [2.45, 2.75) is 6.61 Å². The lowest BCUT2D eigenvalue weighted by atomic mass is 10.2. The molecule has 0 radical (unpaired) electrons. The molecule has 3 aromatic carbocycles. The maximum atomic E-state index is 12.9. The van der Waals surface area contributed by atoms with Crippen molar-refractivity contribution in [3.05, 3.63) is 97.8 Å². The number of anilines is 1. The Balaban J connectivity index is 1.44. The highest BCUT2D eigenvalue weighted by atomic mass is 35.5. The summed E-state index contributed by atoms with van der Waals surface area (Å²) in [5.74, 6) is 0.550. The Morgan fingerprint density at radius 3 is 2.32 bits per heavy atom. The zero-order chi connectivity index (χ0) is 22.0. The van der Waals surface area contributed by atoms with Crippen LogP contribution in [0.1, 0.15) is 11.1 Å². The maximum absolute atomic E-state index is 12.9. The van der Waals surface area contributed by atoms with Gasteiger partial charge in [0.1, 0.15) is 12.4 Å². The number of halogens is 3. The predicted molar refractivity (Wildman–Crippen MR) is 134 cm³/mol. The van der Waals surface area contributed by atoms with Crippen molar-refractivity contribution in [3.8, 4) is 5.75 Å². The second kappa shape index (κ2) is 9.63. The van der Waals surface area contributed by atoms with E-state index in [4.69, 9.17) is 51.8 Å². The van der Waals surface area contributed by atoms with Crippen LogP contribution in [0.3, 0.4) is 0 Å². The average Bonchev–Trinajstić information content (AvgIpc) is 3.03. The smallest absolute Gasteiger partial charge is 0.270 e. The molecule has 1 aliphatic rings. The van der Waals surface area contributed by atoms with Crippen molar-refractivity contribution in [1.82, 2.24) is 0 Å². The molecule has 1 aliphatic heterocycles. The summed E-state index contributed by atoms with van der Waals surface area (Å²) in [6.45, 7) is 0.371. The van der Waals surface area contributed by atoms with Crippen LogP contribution in [0.15, 0.2) is 71.6 Å². The molecule has 1 saturated heterocycles. The summed E-state index contributed by atoms with van der Waals surface area (Å²) in [7, 11) is 0. The standard InChI is InChI=1S/C23H14Cl3NO2S2/c24-16-4-6-17(7-5-16)27-22(28)21(31-23(27)30)12-14-1-8-18(9-2-14)29-13-15-3-10-19(25)20(26)11-15/h1-12H,13H2/b21-12+. The molecule has 3 nitrogen and oxygen atoms in total. The van der Waals surface area contributed by atoms with E-state index in [1.807, 2.05) is 36.4 Å². The molecule has 1 amide bonds. The Morgan fingerprint density at radius 2 is 1.65 bits per heavy atom. The van der Waals surface area contributed by atoms with Gasteiger partial charge in [-0.1, -0.05) is 77.0 Å². The fourth-order valence-electron chi connectivity index (χ4n) is 2.89. The third-order valence-corrected chi connectivity index (χ3v) is 6.74. The van der Waals surface area contributed by atoms with E-state index in [1.165, 1.54) is 16.7 Å². The Hall–Kier alpha value is -2.02. The molecule has 31 heavy (non-hydrogen) atoms. The SMILES string of the molecule is O=C1/C(=C\c2ccc(OCc3ccc(Cl)c(Cl)c3)cc2)SC(=S)N1c1ccc(Cl)cc1. The van der Waals surface area contributed by atoms with Gasteiger partial charge < -0.3 is 4.74 Å². The second-order valence-corrected chi connectivity index (χ2v) is 9.53. The third-order valence-electron chi connectivity index (χ3n) is 4.45. The quantitative estimate of drug-likeness (QED) is 0.263. The van der Waals surface area contributed by atoms with Gasteiger partial charge in [-0.2, -0.15) is 0 Å². The van der Waals surface area contributed by atoms with Crippen LogP contribution in [0, 0.1) is 0 Å². The van der Waals surface area contributed by atoms with E-state index in [9.17, 15) is 4.79 Å². The van der Waals surface area contributed by atoms with Crippen LogP contribution in [0.5, 0.6) is 5.75 Å². The van der Waals surface area contributed by atoms with E-state index in [-0.39, 0.29) is 5.91 Å². The van der Waals surface area contributed by atoms with Gasteiger partial charge in [0.25, 0.3) is 5.91 Å². The summed E-state index contributed by atoms with van der Waals surface area (Å²) >= 11 is 24.6. The molecule has 3 aromatic rings. The van der Waals surface area contributed by atoms with Gasteiger partial charge >= 0.3 is 0 Å². The highest BCUT2D eigenvalue weighted by Gasteiger charge is 2.33. The maximum Gasteiger partial charge on any atom is 0.270 e. The van der Waals surface area contributed by atoms with Gasteiger partial charge in [0.15, 0.2) is 4.32 Å². The van der Waals surface area contributed by atoms with Crippen molar-refractivity contribution in [3.63, 3.8) is 0 Å². The lowest BCUT2D eigenvalue weighted by Crippen LogP contribution is -2.27. The number of ether oxygens (including phenoxy) is 1. The first kappa shape index (κ1) is 22.2. The lowest BCUT2D eigenvalue weighted by Gasteiger charge is -2.14. The summed E-state index contributed by atoms with van der Waals surface area (Å²) < 4.78 is 6.29. The average molecular weight is 507 g/mol. The van der Waals surface area contributed by atoms with Crippen molar-refractivity contribution >= 4 is 80.8 Å². The number of rotatable bonds is 5. The molecule has 0 N–H and O–H groups in total. The number of carbonyl (C=O) groups is 1. The van der Waals surface area contributed by atoms with Crippen molar-refractivity contribution < 1.29 is 9.53 Å².